The van der Waals surface area contributed by atoms with Crippen LogP contribution in [-0.4, -0.2) is 49.5 Å². The summed E-state index contributed by atoms with van der Waals surface area (Å²) in [6.07, 6.45) is 16.1. The van der Waals surface area contributed by atoms with Crippen molar-refractivity contribution in [1.82, 2.24) is 45.9 Å². The molecule has 0 saturated heterocycles. The lowest BCUT2D eigenvalue weighted by Gasteiger charge is -2.23. The van der Waals surface area contributed by atoms with Crippen molar-refractivity contribution >= 4 is 0 Å². The molecular formula is C60H66FN9. The van der Waals surface area contributed by atoms with Crippen molar-refractivity contribution in [1.29, 1.82) is 0 Å². The first-order valence-electron chi connectivity index (χ1n) is 24.9. The lowest BCUT2D eigenvalue weighted by Crippen LogP contribution is -2.30. The number of halogens is 1. The maximum atomic E-state index is 13.1. The molecule has 6 aromatic carbocycles. The lowest BCUT2D eigenvalue weighted by molar-refractivity contribution is 0.372. The van der Waals surface area contributed by atoms with E-state index in [1.54, 1.807) is 12.1 Å². The molecule has 6 N–H and O–H groups in total. The highest BCUT2D eigenvalue weighted by molar-refractivity contribution is 5.67. The van der Waals surface area contributed by atoms with Gasteiger partial charge in [0, 0.05) is 42.4 Å². The molecule has 1 fully saturated rings. The quantitative estimate of drug-likeness (QED) is 0.0506. The largest absolute Gasteiger partial charge is 0.338 e. The molecule has 3 heterocycles. The average Bonchev–Trinajstić information content (AvgIpc) is 4.24. The minimum Gasteiger partial charge on any atom is -0.338 e. The maximum Gasteiger partial charge on any atom is 0.137 e. The van der Waals surface area contributed by atoms with Gasteiger partial charge >= 0.3 is 0 Å². The van der Waals surface area contributed by atoms with Crippen LogP contribution in [0.15, 0.2) is 176 Å². The summed E-state index contributed by atoms with van der Waals surface area (Å²) in [6, 6.07) is 53.1. The third kappa shape index (κ3) is 14.4. The normalized spacial score (nSPS) is 12.4. The maximum absolute atomic E-state index is 13.1. The van der Waals surface area contributed by atoms with Gasteiger partial charge in [-0.05, 0) is 109 Å². The predicted molar refractivity (Wildman–Crippen MR) is 286 cm³/mol. The van der Waals surface area contributed by atoms with Gasteiger partial charge in [-0.15, -0.1) is 0 Å². The zero-order chi connectivity index (χ0) is 48.2. The minimum atomic E-state index is -0.237. The first-order valence-corrected chi connectivity index (χ1v) is 24.9. The van der Waals surface area contributed by atoms with Crippen molar-refractivity contribution in [2.45, 2.75) is 84.0 Å². The Kier molecular flexibility index (Phi) is 18.2. The second-order valence-corrected chi connectivity index (χ2v) is 17.9. The highest BCUT2D eigenvalue weighted by atomic mass is 19.1. The summed E-state index contributed by atoms with van der Waals surface area (Å²) in [5.41, 5.74) is 13.5. The van der Waals surface area contributed by atoms with E-state index in [1.165, 1.54) is 85.8 Å². The number of rotatable bonds is 17. The summed E-state index contributed by atoms with van der Waals surface area (Å²) in [7, 11) is 1.95. The van der Waals surface area contributed by atoms with Gasteiger partial charge in [0.2, 0.25) is 0 Å². The number of H-pyrrole nitrogens is 3. The summed E-state index contributed by atoms with van der Waals surface area (Å²) in [5, 5.41) is 10.4. The van der Waals surface area contributed by atoms with Gasteiger partial charge in [0.1, 0.15) is 23.3 Å². The van der Waals surface area contributed by atoms with Crippen molar-refractivity contribution in [3.63, 3.8) is 0 Å². The molecule has 1 saturated carbocycles. The number of unbranched alkanes of at least 4 members (excludes halogenated alkanes) is 2. The monoisotopic (exact) mass is 932 g/mol. The van der Waals surface area contributed by atoms with Crippen LogP contribution >= 0.6 is 0 Å². The molecular weight excluding hydrogens is 866 g/mol. The van der Waals surface area contributed by atoms with E-state index >= 15 is 0 Å². The Hall–Kier alpha value is -7.24. The van der Waals surface area contributed by atoms with Crippen LogP contribution in [0, 0.1) is 5.82 Å². The van der Waals surface area contributed by atoms with Gasteiger partial charge in [-0.25, -0.2) is 19.3 Å². The fraction of sp³-hybridized carbons (Fsp3) is 0.250. The van der Waals surface area contributed by atoms with Crippen molar-refractivity contribution in [2.75, 3.05) is 13.6 Å². The number of hydrogen-bond acceptors (Lipinski definition) is 6. The van der Waals surface area contributed by atoms with Crippen molar-refractivity contribution in [3.8, 4) is 67.9 Å². The van der Waals surface area contributed by atoms with E-state index in [1.807, 2.05) is 62.0 Å². The molecule has 3 aromatic heterocycles. The molecule has 0 bridgehead atoms. The number of nitrogens with zero attached hydrogens (tertiary/aromatic N) is 3. The van der Waals surface area contributed by atoms with Crippen molar-refractivity contribution in [2.24, 2.45) is 0 Å². The summed E-state index contributed by atoms with van der Waals surface area (Å²) in [4.78, 5) is 23.6. The molecule has 10 rings (SSSR count). The lowest BCUT2D eigenvalue weighted by atomic mass is 9.95. The van der Waals surface area contributed by atoms with E-state index in [2.05, 4.69) is 150 Å². The van der Waals surface area contributed by atoms with Crippen LogP contribution in [0.5, 0.6) is 0 Å². The molecule has 9 nitrogen and oxygen atoms in total. The third-order valence-electron chi connectivity index (χ3n) is 12.5. The van der Waals surface area contributed by atoms with Crippen LogP contribution in [0.1, 0.15) is 75.0 Å². The van der Waals surface area contributed by atoms with Gasteiger partial charge in [-0.1, -0.05) is 154 Å². The van der Waals surface area contributed by atoms with Gasteiger partial charge in [0.15, 0.2) is 0 Å². The minimum absolute atomic E-state index is 0.237. The number of hydrogen-bond donors (Lipinski definition) is 6. The first kappa shape index (κ1) is 49.2. The molecule has 0 radical (unpaired) electrons. The molecule has 358 valence electrons. The van der Waals surface area contributed by atoms with Crippen LogP contribution in [0.25, 0.3) is 67.9 Å². The Balaban J connectivity index is 0.000000142. The first-order chi connectivity index (χ1) is 34.5. The Morgan fingerprint density at radius 3 is 1.40 bits per heavy atom. The number of benzene rings is 6. The molecule has 9 aromatic rings. The zero-order valence-electron chi connectivity index (χ0n) is 40.5. The Morgan fingerprint density at radius 2 is 0.929 bits per heavy atom. The molecule has 0 spiro atoms. The predicted octanol–water partition coefficient (Wildman–Crippen LogP) is 13.8. The Labute approximate surface area is 412 Å². The van der Waals surface area contributed by atoms with Gasteiger partial charge in [-0.3, -0.25) is 0 Å². The smallest absolute Gasteiger partial charge is 0.137 e. The molecule has 1 aliphatic rings. The molecule has 70 heavy (non-hydrogen) atoms. The van der Waals surface area contributed by atoms with Gasteiger partial charge in [-0.2, -0.15) is 0 Å². The van der Waals surface area contributed by atoms with Crippen molar-refractivity contribution in [3.05, 3.63) is 199 Å². The second kappa shape index (κ2) is 25.9. The molecule has 0 aliphatic heterocycles. The number of aromatic nitrogens is 6. The summed E-state index contributed by atoms with van der Waals surface area (Å²) >= 11 is 0. The molecule has 1 aliphatic carbocycles. The van der Waals surface area contributed by atoms with Gasteiger partial charge < -0.3 is 30.9 Å². The van der Waals surface area contributed by atoms with Gasteiger partial charge in [0.25, 0.3) is 0 Å². The highest BCUT2D eigenvalue weighted by Crippen LogP contribution is 2.26. The summed E-state index contributed by atoms with van der Waals surface area (Å²) in [5.74, 6) is 2.33. The van der Waals surface area contributed by atoms with Crippen molar-refractivity contribution < 1.29 is 4.39 Å². The fourth-order valence-corrected chi connectivity index (χ4v) is 8.70. The fourth-order valence-electron chi connectivity index (χ4n) is 8.70. The highest BCUT2D eigenvalue weighted by Gasteiger charge is 2.13. The van der Waals surface area contributed by atoms with Crippen LogP contribution in [0.3, 0.4) is 0 Å². The van der Waals surface area contributed by atoms with Crippen LogP contribution in [-0.2, 0) is 19.6 Å². The average molecular weight is 932 g/mol. The molecule has 0 atom stereocenters. The SMILES string of the molecule is CCCCCNCc1cccc(-c2cnc(-c3ccccc3)[nH]2)c1.CNCc1cccc(-c2cnc(-c3ccccc3)[nH]2)c1.Fc1ccc(-c2ncc(-c3cccc(CNC4CCCCC4)c3)[nH]2)cc1. The molecule has 0 unspecified atom stereocenters. The van der Waals surface area contributed by atoms with E-state index in [0.29, 0.717) is 6.04 Å². The van der Waals surface area contributed by atoms with Crippen LogP contribution in [0.2, 0.25) is 0 Å². The molecule has 0 amide bonds. The topological polar surface area (TPSA) is 122 Å². The standard InChI is InChI=1S/C22H24FN3.C21H25N3.C17H17N3/c23-19-11-9-17(10-12-19)22-25-15-21(26-22)18-6-4-5-16(13-18)14-24-20-7-2-1-3-8-20;1-2-3-7-13-22-15-17-9-8-12-19(14-17)20-16-23-21(24-20)18-10-5-4-6-11-18;1-18-11-13-6-5-9-15(10-13)16-12-19-17(20-16)14-7-3-2-4-8-14/h4-6,9-13,15,20,24H,1-3,7-8,14H2,(H,25,26);4-6,8-12,14,16,22H,2-3,7,13,15H2,1H3,(H,23,24);2-10,12,18H,11H2,1H3,(H,19,20). The summed E-state index contributed by atoms with van der Waals surface area (Å²) < 4.78 is 13.1. The number of aromatic amines is 3. The van der Waals surface area contributed by atoms with Crippen LogP contribution in [0.4, 0.5) is 4.39 Å². The zero-order valence-corrected chi connectivity index (χ0v) is 40.5. The van der Waals surface area contributed by atoms with Gasteiger partial charge in [0.05, 0.1) is 35.7 Å². The second-order valence-electron chi connectivity index (χ2n) is 17.9. The third-order valence-corrected chi connectivity index (χ3v) is 12.5. The van der Waals surface area contributed by atoms with E-state index in [4.69, 9.17) is 0 Å². The van der Waals surface area contributed by atoms with Crippen LogP contribution < -0.4 is 16.0 Å². The number of imidazole rings is 3. The van der Waals surface area contributed by atoms with E-state index in [9.17, 15) is 4.39 Å². The Morgan fingerprint density at radius 1 is 0.486 bits per heavy atom. The van der Waals surface area contributed by atoms with E-state index < -0.39 is 0 Å². The Bertz CT molecular complexity index is 2910. The number of nitrogens with one attached hydrogen (secondary N) is 6. The molecule has 10 heteroatoms. The van der Waals surface area contributed by atoms with E-state index in [-0.39, 0.29) is 5.82 Å². The van der Waals surface area contributed by atoms with E-state index in [0.717, 1.165) is 88.6 Å². The summed E-state index contributed by atoms with van der Waals surface area (Å²) in [6.45, 7) is 6.00.